The highest BCUT2D eigenvalue weighted by atomic mass is 19.4. The molecule has 3 saturated heterocycles. The smallest absolute Gasteiger partial charge is 0.416 e. The van der Waals surface area contributed by atoms with E-state index in [0.29, 0.717) is 69.9 Å². The number of ether oxygens (including phenoxy) is 2. The lowest BCUT2D eigenvalue weighted by molar-refractivity contribution is -0.137. The number of nitrogen functional groups attached to an aromatic ring is 1. The Kier molecular flexibility index (Phi) is 8.63. The number of carbonyl (C=O) groups excluding carboxylic acids is 2. The Morgan fingerprint density at radius 1 is 0.911 bits per heavy atom. The minimum absolute atomic E-state index is 0.0363. The Labute approximate surface area is 260 Å². The van der Waals surface area contributed by atoms with Crippen molar-refractivity contribution in [1.82, 2.24) is 14.7 Å². The molecule has 11 heteroatoms. The molecule has 2 amide bonds. The van der Waals surface area contributed by atoms with Crippen molar-refractivity contribution >= 4 is 17.7 Å². The number of nitrogens with zero attached hydrogens (tertiary/aromatic N) is 3. The maximum Gasteiger partial charge on any atom is 0.416 e. The van der Waals surface area contributed by atoms with Gasteiger partial charge >= 0.3 is 12.3 Å². The van der Waals surface area contributed by atoms with Crippen molar-refractivity contribution in [2.24, 2.45) is 0 Å². The van der Waals surface area contributed by atoms with E-state index in [1.165, 1.54) is 12.1 Å². The minimum Gasteiger partial charge on any atom is -0.490 e. The number of nitrogens with two attached hydrogens (primary N) is 1. The highest BCUT2D eigenvalue weighted by molar-refractivity contribution is 5.94. The highest BCUT2D eigenvalue weighted by Crippen LogP contribution is 2.35. The third kappa shape index (κ3) is 7.36. The molecule has 0 radical (unpaired) electrons. The monoisotopic (exact) mass is 622 g/mol. The predicted octanol–water partition coefficient (Wildman–Crippen LogP) is 5.96. The van der Waals surface area contributed by atoms with Crippen molar-refractivity contribution in [3.63, 3.8) is 0 Å². The van der Waals surface area contributed by atoms with Crippen LogP contribution in [0.1, 0.15) is 52.7 Å². The van der Waals surface area contributed by atoms with Crippen LogP contribution in [0.2, 0.25) is 0 Å². The van der Waals surface area contributed by atoms with Crippen LogP contribution >= 0.6 is 0 Å². The van der Waals surface area contributed by atoms with Gasteiger partial charge in [0.15, 0.2) is 0 Å². The van der Waals surface area contributed by atoms with E-state index in [1.54, 1.807) is 23.1 Å². The van der Waals surface area contributed by atoms with Gasteiger partial charge in [0, 0.05) is 76.2 Å². The van der Waals surface area contributed by atoms with Gasteiger partial charge in [0.2, 0.25) is 0 Å². The number of rotatable bonds is 7. The number of hydrogen-bond acceptors (Lipinski definition) is 6. The molecule has 6 rings (SSSR count). The fourth-order valence-electron chi connectivity index (χ4n) is 6.37. The van der Waals surface area contributed by atoms with Crippen LogP contribution in [0, 0.1) is 0 Å². The molecule has 0 unspecified atom stereocenters. The first kappa shape index (κ1) is 30.8. The van der Waals surface area contributed by atoms with Crippen LogP contribution in [0.15, 0.2) is 72.8 Å². The predicted molar refractivity (Wildman–Crippen MR) is 162 cm³/mol. The Balaban J connectivity index is 0.988. The first-order valence-electron chi connectivity index (χ1n) is 15.3. The molecule has 238 valence electrons. The quantitative estimate of drug-likeness (QED) is 0.328. The molecule has 8 nitrogen and oxygen atoms in total. The van der Waals surface area contributed by atoms with Crippen molar-refractivity contribution < 1.29 is 32.2 Å². The van der Waals surface area contributed by atoms with E-state index in [1.807, 2.05) is 35.2 Å². The molecular weight excluding hydrogens is 585 g/mol. The fourth-order valence-corrected chi connectivity index (χ4v) is 6.37. The molecule has 0 bridgehead atoms. The van der Waals surface area contributed by atoms with Crippen molar-refractivity contribution in [1.29, 1.82) is 0 Å². The van der Waals surface area contributed by atoms with Gasteiger partial charge in [-0.2, -0.15) is 13.2 Å². The standard InChI is InChI=1S/C34H37F3N4O4/c35-34(36,37)27-6-4-24(5-7-27)21-39-18-14-33(15-19-39)23-41(32(43)45-33)22-25-2-1-3-26(20-25)31(42)40-16-12-30(13-17-40)44-29-10-8-28(38)9-11-29/h1-11,20,30H,12-19,21-23,38H2. The first-order valence-corrected chi connectivity index (χ1v) is 15.3. The molecule has 3 aromatic rings. The molecule has 45 heavy (non-hydrogen) atoms. The van der Waals surface area contributed by atoms with Gasteiger partial charge in [-0.3, -0.25) is 14.6 Å². The van der Waals surface area contributed by atoms with E-state index >= 15 is 0 Å². The second-order valence-corrected chi connectivity index (χ2v) is 12.3. The number of anilines is 1. The molecule has 2 N–H and O–H groups in total. The number of benzene rings is 3. The molecule has 1 spiro atoms. The van der Waals surface area contributed by atoms with Crippen molar-refractivity contribution in [3.8, 4) is 5.75 Å². The van der Waals surface area contributed by atoms with E-state index in [0.717, 1.165) is 41.9 Å². The molecule has 3 aliphatic rings. The van der Waals surface area contributed by atoms with Crippen LogP contribution < -0.4 is 10.5 Å². The lowest BCUT2D eigenvalue weighted by Gasteiger charge is -2.37. The topological polar surface area (TPSA) is 88.3 Å². The zero-order valence-electron chi connectivity index (χ0n) is 25.0. The summed E-state index contributed by atoms with van der Waals surface area (Å²) in [4.78, 5) is 31.9. The molecular formula is C34H37F3N4O4. The number of amides is 2. The average Bonchev–Trinajstić information content (AvgIpc) is 3.33. The third-order valence-corrected chi connectivity index (χ3v) is 8.96. The second-order valence-electron chi connectivity index (χ2n) is 12.3. The Morgan fingerprint density at radius 2 is 1.60 bits per heavy atom. The van der Waals surface area contributed by atoms with Gasteiger partial charge in [0.25, 0.3) is 5.91 Å². The zero-order chi connectivity index (χ0) is 31.6. The molecule has 0 aliphatic carbocycles. The zero-order valence-corrected chi connectivity index (χ0v) is 25.0. The van der Waals surface area contributed by atoms with E-state index in [2.05, 4.69) is 4.90 Å². The summed E-state index contributed by atoms with van der Waals surface area (Å²) in [5.41, 5.74) is 7.46. The molecule has 3 fully saturated rings. The maximum absolute atomic E-state index is 13.3. The van der Waals surface area contributed by atoms with Crippen LogP contribution in [0.5, 0.6) is 5.75 Å². The van der Waals surface area contributed by atoms with E-state index in [9.17, 15) is 22.8 Å². The molecule has 3 heterocycles. The summed E-state index contributed by atoms with van der Waals surface area (Å²) in [5, 5.41) is 0. The lowest BCUT2D eigenvalue weighted by Crippen LogP contribution is -2.46. The van der Waals surface area contributed by atoms with Crippen molar-refractivity contribution in [2.75, 3.05) is 38.5 Å². The van der Waals surface area contributed by atoms with Gasteiger partial charge in [0.05, 0.1) is 12.1 Å². The van der Waals surface area contributed by atoms with Crippen molar-refractivity contribution in [3.05, 3.63) is 95.1 Å². The summed E-state index contributed by atoms with van der Waals surface area (Å²) in [6.07, 6.45) is -1.92. The molecule has 0 saturated carbocycles. The molecule has 3 aromatic carbocycles. The third-order valence-electron chi connectivity index (χ3n) is 8.96. The highest BCUT2D eigenvalue weighted by Gasteiger charge is 2.46. The van der Waals surface area contributed by atoms with Crippen LogP contribution in [0.3, 0.4) is 0 Å². The largest absolute Gasteiger partial charge is 0.490 e. The number of carbonyl (C=O) groups is 2. The summed E-state index contributed by atoms with van der Waals surface area (Å²) in [6.45, 7) is 3.88. The summed E-state index contributed by atoms with van der Waals surface area (Å²) < 4.78 is 50.6. The summed E-state index contributed by atoms with van der Waals surface area (Å²) in [6, 6.07) is 20.0. The van der Waals surface area contributed by atoms with Gasteiger partial charge in [-0.05, 0) is 59.7 Å². The van der Waals surface area contributed by atoms with Gasteiger partial charge in [-0.1, -0.05) is 24.3 Å². The fraction of sp³-hybridized carbons (Fsp3) is 0.412. The number of piperidine rings is 2. The summed E-state index contributed by atoms with van der Waals surface area (Å²) in [7, 11) is 0. The van der Waals surface area contributed by atoms with E-state index in [4.69, 9.17) is 15.2 Å². The minimum atomic E-state index is -4.35. The molecule has 0 atom stereocenters. The average molecular weight is 623 g/mol. The first-order chi connectivity index (χ1) is 21.5. The summed E-state index contributed by atoms with van der Waals surface area (Å²) >= 11 is 0. The summed E-state index contributed by atoms with van der Waals surface area (Å²) in [5.74, 6) is 0.733. The Hall–Kier alpha value is -4.25. The SMILES string of the molecule is Nc1ccc(OC2CCN(C(=O)c3cccc(CN4CC5(CCN(Cc6ccc(C(F)(F)F)cc6)CC5)OC4=O)c3)CC2)cc1. The second kappa shape index (κ2) is 12.6. The van der Waals surface area contributed by atoms with Crippen LogP contribution in [-0.4, -0.2) is 71.1 Å². The van der Waals surface area contributed by atoms with Crippen LogP contribution in [-0.2, 0) is 24.0 Å². The number of alkyl halides is 3. The van der Waals surface area contributed by atoms with E-state index < -0.39 is 17.3 Å². The number of likely N-dealkylation sites (tertiary alicyclic amines) is 2. The van der Waals surface area contributed by atoms with Crippen molar-refractivity contribution in [2.45, 2.75) is 56.7 Å². The lowest BCUT2D eigenvalue weighted by atomic mass is 9.91. The number of halogens is 3. The van der Waals surface area contributed by atoms with E-state index in [-0.39, 0.29) is 18.1 Å². The maximum atomic E-state index is 13.3. The van der Waals surface area contributed by atoms with Gasteiger partial charge in [-0.15, -0.1) is 0 Å². The van der Waals surface area contributed by atoms with Crippen LogP contribution in [0.4, 0.5) is 23.7 Å². The Bertz CT molecular complexity index is 1500. The van der Waals surface area contributed by atoms with Gasteiger partial charge in [-0.25, -0.2) is 4.79 Å². The van der Waals surface area contributed by atoms with Gasteiger partial charge in [0.1, 0.15) is 17.5 Å². The Morgan fingerprint density at radius 3 is 2.27 bits per heavy atom. The van der Waals surface area contributed by atoms with Gasteiger partial charge < -0.3 is 20.1 Å². The molecule has 3 aliphatic heterocycles. The van der Waals surface area contributed by atoms with Crippen LogP contribution in [0.25, 0.3) is 0 Å². The number of hydrogen-bond donors (Lipinski definition) is 1. The normalized spacial score (nSPS) is 19.1. The molecule has 0 aromatic heterocycles.